The van der Waals surface area contributed by atoms with Crippen LogP contribution in [0.25, 0.3) is 0 Å². The number of rotatable bonds is 7. The molecule has 0 radical (unpaired) electrons. The van der Waals surface area contributed by atoms with Gasteiger partial charge in [-0.15, -0.1) is 0 Å². The van der Waals surface area contributed by atoms with Gasteiger partial charge in [-0.2, -0.15) is 0 Å². The molecule has 2 aliphatic rings. The van der Waals surface area contributed by atoms with E-state index in [2.05, 4.69) is 6.92 Å². The fraction of sp³-hybridized carbons (Fsp3) is 0.640. The second-order valence-electron chi connectivity index (χ2n) is 9.67. The first-order valence-electron chi connectivity index (χ1n) is 10.9. The summed E-state index contributed by atoms with van der Waals surface area (Å²) >= 11 is 0. The van der Waals surface area contributed by atoms with Crippen molar-refractivity contribution in [3.8, 4) is 5.75 Å². The van der Waals surface area contributed by atoms with Crippen LogP contribution in [-0.4, -0.2) is 48.8 Å². The first kappa shape index (κ1) is 24.7. The van der Waals surface area contributed by atoms with Gasteiger partial charge in [-0.05, 0) is 78.7 Å². The highest BCUT2D eigenvalue weighted by Crippen LogP contribution is 2.55. The Morgan fingerprint density at radius 1 is 1.16 bits per heavy atom. The van der Waals surface area contributed by atoms with Gasteiger partial charge in [0.15, 0.2) is 0 Å². The molecule has 1 aromatic rings. The highest BCUT2D eigenvalue weighted by atomic mass is 16.7. The molecule has 0 spiro atoms. The molecule has 6 unspecified atom stereocenters. The first-order valence-corrected chi connectivity index (χ1v) is 10.9. The van der Waals surface area contributed by atoms with Gasteiger partial charge >= 0.3 is 5.63 Å². The minimum absolute atomic E-state index is 0.00166. The Bertz CT molecular complexity index is 1020. The number of fused-ring (bicyclic) bond motifs is 1. The molecule has 7 heteroatoms. The summed E-state index contributed by atoms with van der Waals surface area (Å²) in [4.78, 5) is 12.3. The van der Waals surface area contributed by atoms with Gasteiger partial charge in [-0.25, -0.2) is 4.79 Å². The molecule has 3 heterocycles. The van der Waals surface area contributed by atoms with Crippen LogP contribution in [-0.2, 0) is 19.8 Å². The Morgan fingerprint density at radius 2 is 1.78 bits per heavy atom. The Balaban J connectivity index is 1.94. The molecule has 0 bridgehead atoms. The van der Waals surface area contributed by atoms with Crippen LogP contribution in [0.15, 0.2) is 32.5 Å². The fourth-order valence-corrected chi connectivity index (χ4v) is 5.24. The van der Waals surface area contributed by atoms with Gasteiger partial charge in [-0.1, -0.05) is 0 Å². The lowest BCUT2D eigenvalue weighted by Gasteiger charge is -2.28. The van der Waals surface area contributed by atoms with Crippen molar-refractivity contribution in [2.24, 2.45) is 0 Å². The zero-order valence-corrected chi connectivity index (χ0v) is 20.8. The molecule has 178 valence electrons. The number of hydrogen-bond acceptors (Lipinski definition) is 7. The van der Waals surface area contributed by atoms with E-state index in [1.54, 1.807) is 34.0 Å². The van der Waals surface area contributed by atoms with Crippen LogP contribution in [0.2, 0.25) is 0 Å². The minimum atomic E-state index is -1.55. The summed E-state index contributed by atoms with van der Waals surface area (Å²) in [5.41, 5.74) is -0.244. The average molecular weight is 449 g/mol. The first-order chi connectivity index (χ1) is 14.7. The van der Waals surface area contributed by atoms with Crippen LogP contribution in [0.3, 0.4) is 0 Å². The molecule has 0 aromatic carbocycles. The molecule has 2 saturated heterocycles. The third-order valence-electron chi connectivity index (χ3n) is 6.87. The average Bonchev–Trinajstić information content (AvgIpc) is 3.35. The molecule has 32 heavy (non-hydrogen) atoms. The van der Waals surface area contributed by atoms with Crippen LogP contribution >= 0.6 is 0 Å². The monoisotopic (exact) mass is 448 g/mol. The lowest BCUT2D eigenvalue weighted by Crippen LogP contribution is -2.32. The van der Waals surface area contributed by atoms with E-state index in [1.807, 2.05) is 33.8 Å². The Morgan fingerprint density at radius 3 is 2.25 bits per heavy atom. The summed E-state index contributed by atoms with van der Waals surface area (Å²) < 4.78 is 28.7. The van der Waals surface area contributed by atoms with Crippen LogP contribution in [0, 0.1) is 13.8 Å². The van der Waals surface area contributed by atoms with E-state index in [9.17, 15) is 9.90 Å². The van der Waals surface area contributed by atoms with Gasteiger partial charge < -0.3 is 28.5 Å². The largest absolute Gasteiger partial charge is 0.496 e. The molecule has 3 rings (SSSR count). The van der Waals surface area contributed by atoms with Gasteiger partial charge in [0.2, 0.25) is 0 Å². The molecule has 1 N–H and O–H groups in total. The molecule has 0 saturated carbocycles. The molecule has 0 amide bonds. The van der Waals surface area contributed by atoms with Crippen molar-refractivity contribution in [2.45, 2.75) is 90.5 Å². The summed E-state index contributed by atoms with van der Waals surface area (Å²) in [6.07, 6.45) is 3.30. The van der Waals surface area contributed by atoms with Gasteiger partial charge in [0.1, 0.15) is 34.4 Å². The lowest BCUT2D eigenvalue weighted by molar-refractivity contribution is -0.0725. The van der Waals surface area contributed by atoms with E-state index in [0.29, 0.717) is 16.9 Å². The van der Waals surface area contributed by atoms with Crippen molar-refractivity contribution in [3.63, 3.8) is 0 Å². The third kappa shape index (κ3) is 3.96. The predicted molar refractivity (Wildman–Crippen MR) is 121 cm³/mol. The Hall–Kier alpha value is -1.93. The lowest BCUT2D eigenvalue weighted by atomic mass is 9.89. The Labute approximate surface area is 190 Å². The minimum Gasteiger partial charge on any atom is -0.496 e. The Kier molecular flexibility index (Phi) is 6.28. The van der Waals surface area contributed by atoms with E-state index >= 15 is 0 Å². The predicted octanol–water partition coefficient (Wildman–Crippen LogP) is 3.72. The molecule has 1 aromatic heterocycles. The normalized spacial score (nSPS) is 33.0. The summed E-state index contributed by atoms with van der Waals surface area (Å²) in [7, 11) is 3.11. The zero-order chi connectivity index (χ0) is 24.2. The van der Waals surface area contributed by atoms with E-state index in [0.717, 1.165) is 11.1 Å². The molecule has 2 fully saturated rings. The van der Waals surface area contributed by atoms with Crippen molar-refractivity contribution in [3.05, 3.63) is 50.6 Å². The maximum Gasteiger partial charge on any atom is 0.342 e. The number of epoxide rings is 1. The highest BCUT2D eigenvalue weighted by molar-refractivity contribution is 5.43. The fourth-order valence-electron chi connectivity index (χ4n) is 5.24. The van der Waals surface area contributed by atoms with Crippen LogP contribution in [0.4, 0.5) is 0 Å². The van der Waals surface area contributed by atoms with Crippen molar-refractivity contribution in [1.82, 2.24) is 0 Å². The molecular weight excluding hydrogens is 412 g/mol. The summed E-state index contributed by atoms with van der Waals surface area (Å²) in [6, 6.07) is 0. The molecule has 0 aliphatic carbocycles. The molecular formula is C25H36O7. The van der Waals surface area contributed by atoms with E-state index < -0.39 is 22.9 Å². The van der Waals surface area contributed by atoms with Crippen LogP contribution in [0.1, 0.15) is 58.4 Å². The van der Waals surface area contributed by atoms with Crippen LogP contribution < -0.4 is 10.4 Å². The van der Waals surface area contributed by atoms with Crippen molar-refractivity contribution in [1.29, 1.82) is 0 Å². The second kappa shape index (κ2) is 8.13. The maximum atomic E-state index is 12.3. The number of hydrogen-bond donors (Lipinski definition) is 1. The van der Waals surface area contributed by atoms with Crippen molar-refractivity contribution in [2.75, 3.05) is 14.2 Å². The number of ether oxygens (including phenoxy) is 4. The molecule has 6 atom stereocenters. The SMILES string of the molecule is COc1c(C)c(C(C)(O)C=C(C)C(OC)C(C)=CC2(C)OC(C)C3(C)OC23)oc(=O)c1C. The topological polar surface area (TPSA) is 90.7 Å². The maximum absolute atomic E-state index is 12.3. The van der Waals surface area contributed by atoms with E-state index in [4.69, 9.17) is 23.4 Å². The van der Waals surface area contributed by atoms with Gasteiger partial charge in [-0.3, -0.25) is 0 Å². The summed E-state index contributed by atoms with van der Waals surface area (Å²) in [5.74, 6) is 0.553. The quantitative estimate of drug-likeness (QED) is 0.502. The third-order valence-corrected chi connectivity index (χ3v) is 6.87. The zero-order valence-electron chi connectivity index (χ0n) is 20.8. The number of aliphatic hydroxyl groups is 1. The van der Waals surface area contributed by atoms with Crippen LogP contribution in [0.5, 0.6) is 5.75 Å². The molecule has 2 aliphatic heterocycles. The van der Waals surface area contributed by atoms with E-state index in [-0.39, 0.29) is 23.6 Å². The standard InChI is InChI=1S/C25H36O7/c1-13(11-23(6,27)20-15(3)19(29-10)16(4)21(26)30-20)18(28-9)14(2)12-24(7)22-25(8,32-22)17(5)31-24/h11-12,17-18,22,27H,1-10H3. The number of methoxy groups -OCH3 is 2. The van der Waals surface area contributed by atoms with Gasteiger partial charge in [0, 0.05) is 12.7 Å². The molecule has 7 nitrogen and oxygen atoms in total. The van der Waals surface area contributed by atoms with Gasteiger partial charge in [0.25, 0.3) is 0 Å². The highest BCUT2D eigenvalue weighted by Gasteiger charge is 2.71. The van der Waals surface area contributed by atoms with Gasteiger partial charge in [0.05, 0.1) is 24.9 Å². The van der Waals surface area contributed by atoms with Crippen molar-refractivity contribution >= 4 is 0 Å². The summed E-state index contributed by atoms with van der Waals surface area (Å²) in [6.45, 7) is 14.9. The summed E-state index contributed by atoms with van der Waals surface area (Å²) in [5, 5.41) is 11.3. The van der Waals surface area contributed by atoms with Crippen molar-refractivity contribution < 1.29 is 28.5 Å². The smallest absolute Gasteiger partial charge is 0.342 e. The second-order valence-corrected chi connectivity index (χ2v) is 9.67. The van der Waals surface area contributed by atoms with E-state index in [1.165, 1.54) is 7.11 Å².